The summed E-state index contributed by atoms with van der Waals surface area (Å²) in [5.41, 5.74) is 1.33. The van der Waals surface area contributed by atoms with Crippen LogP contribution in [0.2, 0.25) is 0 Å². The Hall–Kier alpha value is -2.08. The molecule has 0 saturated heterocycles. The van der Waals surface area contributed by atoms with Gasteiger partial charge in [-0.15, -0.1) is 0 Å². The smallest absolute Gasteiger partial charge is 0.322 e. The lowest BCUT2D eigenvalue weighted by Crippen LogP contribution is -2.47. The first-order chi connectivity index (χ1) is 11.1. The van der Waals surface area contributed by atoms with Gasteiger partial charge in [0.15, 0.2) is 0 Å². The minimum absolute atomic E-state index is 0.000740. The summed E-state index contributed by atoms with van der Waals surface area (Å²) in [4.78, 5) is 25.4. The van der Waals surface area contributed by atoms with Crippen LogP contribution < -0.4 is 10.6 Å². The Morgan fingerprint density at radius 1 is 1.25 bits per heavy atom. The van der Waals surface area contributed by atoms with Gasteiger partial charge in [0.1, 0.15) is 6.54 Å². The maximum absolute atomic E-state index is 12.2. The minimum atomic E-state index is -0.332. The molecule has 0 spiro atoms. The number of hydrogen-bond donors (Lipinski definition) is 2. The maximum atomic E-state index is 12.2. The van der Waals surface area contributed by atoms with E-state index in [-0.39, 0.29) is 30.1 Å². The fourth-order valence-electron chi connectivity index (χ4n) is 1.97. The first-order valence-corrected chi connectivity index (χ1v) is 8.10. The van der Waals surface area contributed by atoms with E-state index in [1.54, 1.807) is 13.1 Å². The van der Waals surface area contributed by atoms with E-state index in [1.807, 2.05) is 52.8 Å². The molecule has 24 heavy (non-hydrogen) atoms. The highest BCUT2D eigenvalue weighted by Gasteiger charge is 2.17. The average Bonchev–Trinajstić information content (AvgIpc) is 2.43. The van der Waals surface area contributed by atoms with Crippen LogP contribution in [-0.2, 0) is 16.1 Å². The number of urea groups is 1. The van der Waals surface area contributed by atoms with Gasteiger partial charge in [-0.1, -0.05) is 12.1 Å². The van der Waals surface area contributed by atoms with E-state index in [0.717, 1.165) is 5.56 Å². The summed E-state index contributed by atoms with van der Waals surface area (Å²) in [5, 5.41) is 5.62. The number of nitrogens with one attached hydrogen (secondary N) is 2. The molecule has 0 bridgehead atoms. The molecule has 0 unspecified atom stereocenters. The molecule has 0 heterocycles. The van der Waals surface area contributed by atoms with Crippen LogP contribution in [0.4, 0.5) is 10.5 Å². The second kappa shape index (κ2) is 8.68. The Morgan fingerprint density at radius 2 is 1.92 bits per heavy atom. The predicted octanol–water partition coefficient (Wildman–Crippen LogP) is 2.99. The minimum Gasteiger partial charge on any atom is -0.374 e. The summed E-state index contributed by atoms with van der Waals surface area (Å²) < 4.78 is 5.56. The van der Waals surface area contributed by atoms with Crippen LogP contribution in [0.5, 0.6) is 0 Å². The Balaban J connectivity index is 2.57. The van der Waals surface area contributed by atoms with Gasteiger partial charge in [0, 0.05) is 18.3 Å². The van der Waals surface area contributed by atoms with Crippen LogP contribution in [0, 0.1) is 0 Å². The monoisotopic (exact) mass is 335 g/mol. The van der Waals surface area contributed by atoms with Gasteiger partial charge in [-0.25, -0.2) is 4.79 Å². The van der Waals surface area contributed by atoms with E-state index in [0.29, 0.717) is 12.3 Å². The molecule has 0 saturated carbocycles. The van der Waals surface area contributed by atoms with Crippen LogP contribution in [0.25, 0.3) is 0 Å². The van der Waals surface area contributed by atoms with Gasteiger partial charge in [0.05, 0.1) is 12.7 Å². The zero-order valence-corrected chi connectivity index (χ0v) is 15.5. The van der Waals surface area contributed by atoms with Crippen molar-refractivity contribution in [3.05, 3.63) is 29.8 Å². The molecule has 0 radical (unpaired) electrons. The van der Waals surface area contributed by atoms with Crippen LogP contribution in [0.1, 0.15) is 40.2 Å². The van der Waals surface area contributed by atoms with Gasteiger partial charge in [0.2, 0.25) is 5.91 Å². The number of hydrogen-bond acceptors (Lipinski definition) is 3. The SMILES string of the molecule is CC(C)OCc1cccc(NC(=O)N(C)CC(=O)NC(C)(C)C)c1. The first-order valence-electron chi connectivity index (χ1n) is 8.10. The largest absolute Gasteiger partial charge is 0.374 e. The molecule has 1 aromatic carbocycles. The summed E-state index contributed by atoms with van der Waals surface area (Å²) in [6.07, 6.45) is 0.149. The van der Waals surface area contributed by atoms with Crippen molar-refractivity contribution >= 4 is 17.6 Å². The van der Waals surface area contributed by atoms with Crippen molar-refractivity contribution < 1.29 is 14.3 Å². The lowest BCUT2D eigenvalue weighted by Gasteiger charge is -2.23. The van der Waals surface area contributed by atoms with Crippen LogP contribution in [-0.4, -0.2) is 42.1 Å². The molecule has 0 aliphatic carbocycles. The molecule has 0 fully saturated rings. The fraction of sp³-hybridized carbons (Fsp3) is 0.556. The molecular weight excluding hydrogens is 306 g/mol. The van der Waals surface area contributed by atoms with E-state index in [2.05, 4.69) is 10.6 Å². The second-order valence-electron chi connectivity index (χ2n) is 7.14. The molecule has 6 nitrogen and oxygen atoms in total. The van der Waals surface area contributed by atoms with Crippen LogP contribution in [0.15, 0.2) is 24.3 Å². The van der Waals surface area contributed by atoms with Crippen LogP contribution in [0.3, 0.4) is 0 Å². The van der Waals surface area contributed by atoms with Gasteiger partial charge < -0.3 is 20.3 Å². The number of benzene rings is 1. The molecule has 6 heteroatoms. The van der Waals surface area contributed by atoms with Gasteiger partial charge in [0.25, 0.3) is 0 Å². The maximum Gasteiger partial charge on any atom is 0.322 e. The summed E-state index contributed by atoms with van der Waals surface area (Å²) in [5.74, 6) is -0.195. The van der Waals surface area contributed by atoms with Gasteiger partial charge >= 0.3 is 6.03 Å². The third kappa shape index (κ3) is 7.97. The first kappa shape index (κ1) is 20.0. The van der Waals surface area contributed by atoms with E-state index < -0.39 is 0 Å². The summed E-state index contributed by atoms with van der Waals surface area (Å²) in [6.45, 7) is 10.1. The highest BCUT2D eigenvalue weighted by molar-refractivity contribution is 5.92. The summed E-state index contributed by atoms with van der Waals surface area (Å²) >= 11 is 0. The zero-order chi connectivity index (χ0) is 18.3. The van der Waals surface area contributed by atoms with Gasteiger partial charge in [-0.05, 0) is 52.3 Å². The number of rotatable bonds is 6. The topological polar surface area (TPSA) is 70.7 Å². The molecule has 1 aromatic rings. The quantitative estimate of drug-likeness (QED) is 0.839. The highest BCUT2D eigenvalue weighted by atomic mass is 16.5. The van der Waals surface area contributed by atoms with Crippen molar-refractivity contribution in [3.63, 3.8) is 0 Å². The van der Waals surface area contributed by atoms with Gasteiger partial charge in [-0.2, -0.15) is 0 Å². The Morgan fingerprint density at radius 3 is 2.50 bits per heavy atom. The van der Waals surface area contributed by atoms with Crippen molar-refractivity contribution in [3.8, 4) is 0 Å². The Bertz CT molecular complexity index is 565. The van der Waals surface area contributed by atoms with E-state index in [9.17, 15) is 9.59 Å². The molecule has 0 aliphatic rings. The fourth-order valence-corrected chi connectivity index (χ4v) is 1.97. The van der Waals surface area contributed by atoms with E-state index in [4.69, 9.17) is 4.74 Å². The molecule has 0 aromatic heterocycles. The third-order valence-electron chi connectivity index (χ3n) is 3.00. The van der Waals surface area contributed by atoms with Crippen molar-refractivity contribution in [2.75, 3.05) is 18.9 Å². The standard InChI is InChI=1S/C18H29N3O3/c1-13(2)24-12-14-8-7-9-15(10-14)19-17(23)21(6)11-16(22)20-18(3,4)5/h7-10,13H,11-12H2,1-6H3,(H,19,23)(H,20,22). The van der Waals surface area contributed by atoms with Crippen molar-refractivity contribution in [1.82, 2.24) is 10.2 Å². The number of likely N-dealkylation sites (N-methyl/N-ethyl adjacent to an activating group) is 1. The van der Waals surface area contributed by atoms with E-state index >= 15 is 0 Å². The zero-order valence-electron chi connectivity index (χ0n) is 15.5. The third-order valence-corrected chi connectivity index (χ3v) is 3.00. The summed E-state index contributed by atoms with van der Waals surface area (Å²) in [7, 11) is 1.59. The molecule has 2 N–H and O–H groups in total. The lowest BCUT2D eigenvalue weighted by molar-refractivity contribution is -0.122. The Kier molecular flexibility index (Phi) is 7.22. The molecule has 1 rings (SSSR count). The summed E-state index contributed by atoms with van der Waals surface area (Å²) in [6, 6.07) is 7.14. The highest BCUT2D eigenvalue weighted by Crippen LogP contribution is 2.13. The lowest BCUT2D eigenvalue weighted by atomic mass is 10.1. The van der Waals surface area contributed by atoms with Crippen molar-refractivity contribution in [1.29, 1.82) is 0 Å². The molecule has 134 valence electrons. The average molecular weight is 335 g/mol. The molecule has 0 aliphatic heterocycles. The van der Waals surface area contributed by atoms with Crippen molar-refractivity contribution in [2.45, 2.75) is 52.9 Å². The number of ether oxygens (including phenoxy) is 1. The number of nitrogens with zero attached hydrogens (tertiary/aromatic N) is 1. The number of amides is 3. The number of carbonyl (C=O) groups is 2. The Labute approximate surface area is 144 Å². The second-order valence-corrected chi connectivity index (χ2v) is 7.14. The van der Waals surface area contributed by atoms with Gasteiger partial charge in [-0.3, -0.25) is 4.79 Å². The number of anilines is 1. The molecular formula is C18H29N3O3. The van der Waals surface area contributed by atoms with E-state index in [1.165, 1.54) is 4.90 Å². The molecule has 0 atom stereocenters. The van der Waals surface area contributed by atoms with Crippen LogP contribution >= 0.6 is 0 Å². The molecule has 3 amide bonds. The normalized spacial score (nSPS) is 11.3. The predicted molar refractivity (Wildman–Crippen MR) is 95.9 cm³/mol. The number of carbonyl (C=O) groups excluding carboxylic acids is 2. The van der Waals surface area contributed by atoms with Crippen molar-refractivity contribution in [2.24, 2.45) is 0 Å².